The van der Waals surface area contributed by atoms with Gasteiger partial charge < -0.3 is 5.73 Å². The summed E-state index contributed by atoms with van der Waals surface area (Å²) < 4.78 is 0. The average molecular weight is 382 g/mol. The molecule has 1 heterocycles. The number of rotatable bonds is 5. The molecule has 3 rings (SSSR count). The molecule has 1 saturated heterocycles. The second-order valence-corrected chi connectivity index (χ2v) is 6.65. The van der Waals surface area contributed by atoms with Gasteiger partial charge in [0.1, 0.15) is 0 Å². The van der Waals surface area contributed by atoms with Crippen LogP contribution >= 0.6 is 24.0 Å². The molecule has 0 aliphatic carbocycles. The van der Waals surface area contributed by atoms with Crippen LogP contribution in [0.3, 0.4) is 0 Å². The summed E-state index contributed by atoms with van der Waals surface area (Å²) in [5.41, 5.74) is 8.21. The molecule has 0 amide bonds. The third kappa shape index (κ3) is 4.50. The van der Waals surface area contributed by atoms with Crippen molar-refractivity contribution in [1.29, 1.82) is 0 Å². The second kappa shape index (κ2) is 8.63. The van der Waals surface area contributed by atoms with Crippen molar-refractivity contribution < 1.29 is 4.92 Å². The molecule has 0 aromatic heterocycles. The van der Waals surface area contributed by atoms with Crippen molar-refractivity contribution in [3.05, 3.63) is 74.8 Å². The number of nitrogens with zero attached hydrogens (tertiary/aromatic N) is 2. The number of nitro benzene ring substituents is 1. The van der Waals surface area contributed by atoms with Crippen LogP contribution in [0.1, 0.15) is 17.0 Å². The van der Waals surface area contributed by atoms with E-state index in [0.29, 0.717) is 29.9 Å². The van der Waals surface area contributed by atoms with Crippen LogP contribution in [0.4, 0.5) is 5.69 Å². The van der Waals surface area contributed by atoms with E-state index >= 15 is 0 Å². The highest BCUT2D eigenvalue weighted by atomic mass is 35.5. The molecule has 2 N–H and O–H groups in total. The number of nitrogens with two attached hydrogens (primary N) is 1. The Bertz CT molecular complexity index is 728. The van der Waals surface area contributed by atoms with Gasteiger partial charge in [0.2, 0.25) is 0 Å². The Morgan fingerprint density at radius 2 is 1.92 bits per heavy atom. The van der Waals surface area contributed by atoms with Gasteiger partial charge in [-0.1, -0.05) is 41.9 Å². The van der Waals surface area contributed by atoms with Crippen molar-refractivity contribution >= 4 is 29.7 Å². The van der Waals surface area contributed by atoms with Crippen molar-refractivity contribution in [3.63, 3.8) is 0 Å². The minimum absolute atomic E-state index is 0. The van der Waals surface area contributed by atoms with Gasteiger partial charge in [-0.05, 0) is 29.7 Å². The van der Waals surface area contributed by atoms with Gasteiger partial charge in [-0.15, -0.1) is 12.4 Å². The van der Waals surface area contributed by atoms with E-state index in [9.17, 15) is 10.1 Å². The summed E-state index contributed by atoms with van der Waals surface area (Å²) in [6.45, 7) is 3.14. The second-order valence-electron chi connectivity index (χ2n) is 6.24. The van der Waals surface area contributed by atoms with Gasteiger partial charge in [-0.25, -0.2) is 0 Å². The lowest BCUT2D eigenvalue weighted by Crippen LogP contribution is -2.23. The molecule has 2 atom stereocenters. The molecule has 7 heteroatoms. The molecule has 0 saturated carbocycles. The minimum Gasteiger partial charge on any atom is -0.330 e. The zero-order valence-corrected chi connectivity index (χ0v) is 15.2. The molecule has 1 fully saturated rings. The van der Waals surface area contributed by atoms with E-state index in [1.165, 1.54) is 17.7 Å². The normalized spacial score (nSPS) is 20.2. The Kier molecular flexibility index (Phi) is 6.79. The molecule has 0 bridgehead atoms. The maximum absolute atomic E-state index is 10.8. The molecule has 1 aliphatic heterocycles. The Morgan fingerprint density at radius 3 is 2.52 bits per heavy atom. The van der Waals surface area contributed by atoms with Gasteiger partial charge in [0.05, 0.1) is 9.95 Å². The number of benzene rings is 2. The third-order valence-electron chi connectivity index (χ3n) is 4.69. The Labute approximate surface area is 158 Å². The molecular weight excluding hydrogens is 361 g/mol. The van der Waals surface area contributed by atoms with Crippen LogP contribution in [0, 0.1) is 16.0 Å². The monoisotopic (exact) mass is 381 g/mol. The predicted molar refractivity (Wildman–Crippen MR) is 102 cm³/mol. The summed E-state index contributed by atoms with van der Waals surface area (Å²) in [6.07, 6.45) is 0. The molecule has 0 radical (unpaired) electrons. The van der Waals surface area contributed by atoms with E-state index in [2.05, 4.69) is 29.2 Å². The maximum Gasteiger partial charge on any atom is 0.270 e. The van der Waals surface area contributed by atoms with Crippen LogP contribution < -0.4 is 5.73 Å². The SMILES string of the molecule is Cl.NC[C@@H]1CN(Cc2ccc([N+](=O)[O-])cc2Cl)C[C@H]1c1ccccc1. The molecule has 134 valence electrons. The molecule has 25 heavy (non-hydrogen) atoms. The highest BCUT2D eigenvalue weighted by Crippen LogP contribution is 2.34. The van der Waals surface area contributed by atoms with Crippen LogP contribution in [0.25, 0.3) is 0 Å². The minimum atomic E-state index is -0.429. The quantitative estimate of drug-likeness (QED) is 0.630. The highest BCUT2D eigenvalue weighted by Gasteiger charge is 2.32. The molecular formula is C18H21Cl2N3O2. The lowest BCUT2D eigenvalue weighted by molar-refractivity contribution is -0.384. The zero-order valence-electron chi connectivity index (χ0n) is 13.7. The van der Waals surface area contributed by atoms with Crippen molar-refractivity contribution in [2.75, 3.05) is 19.6 Å². The van der Waals surface area contributed by atoms with Crippen LogP contribution in [-0.2, 0) is 6.54 Å². The summed E-state index contributed by atoms with van der Waals surface area (Å²) in [5.74, 6) is 0.817. The summed E-state index contributed by atoms with van der Waals surface area (Å²) in [5, 5.41) is 11.3. The highest BCUT2D eigenvalue weighted by molar-refractivity contribution is 6.31. The number of nitro groups is 1. The first-order valence-electron chi connectivity index (χ1n) is 7.98. The van der Waals surface area contributed by atoms with Crippen LogP contribution in [-0.4, -0.2) is 29.5 Å². The Hall–Kier alpha value is -1.66. The van der Waals surface area contributed by atoms with E-state index in [1.54, 1.807) is 6.07 Å². The number of hydrogen-bond donors (Lipinski definition) is 1. The Balaban J connectivity index is 0.00000225. The largest absolute Gasteiger partial charge is 0.330 e. The molecule has 5 nitrogen and oxygen atoms in total. The smallest absolute Gasteiger partial charge is 0.270 e. The average Bonchev–Trinajstić information content (AvgIpc) is 3.00. The Morgan fingerprint density at radius 1 is 1.20 bits per heavy atom. The first kappa shape index (κ1) is 19.7. The van der Waals surface area contributed by atoms with E-state index in [4.69, 9.17) is 17.3 Å². The third-order valence-corrected chi connectivity index (χ3v) is 5.04. The van der Waals surface area contributed by atoms with E-state index in [0.717, 1.165) is 18.7 Å². The topological polar surface area (TPSA) is 72.4 Å². The van der Waals surface area contributed by atoms with Gasteiger partial charge in [0.25, 0.3) is 5.69 Å². The fourth-order valence-corrected chi connectivity index (χ4v) is 3.66. The molecule has 0 unspecified atom stereocenters. The standard InChI is InChI=1S/C18H20ClN3O2.ClH/c19-18-8-16(22(23)24)7-6-14(18)10-21-11-15(9-20)17(12-21)13-4-2-1-3-5-13;/h1-8,15,17H,9-12,20H2;1H/t15-,17+;/m1./s1. The summed E-state index contributed by atoms with van der Waals surface area (Å²) in [4.78, 5) is 12.7. The number of hydrogen-bond acceptors (Lipinski definition) is 4. The van der Waals surface area contributed by atoms with Crippen molar-refractivity contribution in [2.24, 2.45) is 11.7 Å². The number of non-ortho nitro benzene ring substituents is 1. The van der Waals surface area contributed by atoms with Gasteiger partial charge >= 0.3 is 0 Å². The van der Waals surface area contributed by atoms with E-state index in [-0.39, 0.29) is 18.1 Å². The van der Waals surface area contributed by atoms with E-state index < -0.39 is 4.92 Å². The lowest BCUT2D eigenvalue weighted by Gasteiger charge is -2.17. The number of halogens is 2. The van der Waals surface area contributed by atoms with Crippen LogP contribution in [0.15, 0.2) is 48.5 Å². The lowest BCUT2D eigenvalue weighted by atomic mass is 9.89. The van der Waals surface area contributed by atoms with Crippen molar-refractivity contribution in [3.8, 4) is 0 Å². The zero-order chi connectivity index (χ0) is 17.1. The summed E-state index contributed by atoms with van der Waals surface area (Å²) in [7, 11) is 0. The molecule has 0 spiro atoms. The fraction of sp³-hybridized carbons (Fsp3) is 0.333. The maximum atomic E-state index is 10.8. The van der Waals surface area contributed by atoms with Crippen LogP contribution in [0.5, 0.6) is 0 Å². The summed E-state index contributed by atoms with van der Waals surface area (Å²) >= 11 is 6.22. The van der Waals surface area contributed by atoms with Crippen molar-refractivity contribution in [2.45, 2.75) is 12.5 Å². The van der Waals surface area contributed by atoms with Gasteiger partial charge in [0, 0.05) is 37.7 Å². The van der Waals surface area contributed by atoms with Crippen molar-refractivity contribution in [1.82, 2.24) is 4.90 Å². The first-order valence-corrected chi connectivity index (χ1v) is 8.36. The summed E-state index contributed by atoms with van der Waals surface area (Å²) in [6, 6.07) is 15.1. The van der Waals surface area contributed by atoms with Gasteiger partial charge in [-0.2, -0.15) is 0 Å². The van der Waals surface area contributed by atoms with E-state index in [1.807, 2.05) is 6.07 Å². The van der Waals surface area contributed by atoms with Gasteiger partial charge in [0.15, 0.2) is 0 Å². The number of likely N-dealkylation sites (tertiary alicyclic amines) is 1. The van der Waals surface area contributed by atoms with Gasteiger partial charge in [-0.3, -0.25) is 15.0 Å². The first-order chi connectivity index (χ1) is 11.6. The van der Waals surface area contributed by atoms with Crippen LogP contribution in [0.2, 0.25) is 5.02 Å². The predicted octanol–water partition coefficient (Wildman–Crippen LogP) is 3.84. The molecule has 2 aromatic carbocycles. The molecule has 2 aromatic rings. The fourth-order valence-electron chi connectivity index (χ4n) is 3.43. The molecule has 1 aliphatic rings.